The van der Waals surface area contributed by atoms with E-state index in [1.54, 1.807) is 0 Å². The van der Waals surface area contributed by atoms with Crippen LogP contribution in [0.2, 0.25) is 5.15 Å². The monoisotopic (exact) mass is 211 g/mol. The van der Waals surface area contributed by atoms with Gasteiger partial charge in [0, 0.05) is 13.0 Å². The van der Waals surface area contributed by atoms with E-state index >= 15 is 0 Å². The summed E-state index contributed by atoms with van der Waals surface area (Å²) in [6.07, 6.45) is 7.09. The molecule has 0 atom stereocenters. The first-order valence-corrected chi connectivity index (χ1v) is 4.39. The third-order valence-corrected chi connectivity index (χ3v) is 1.80. The van der Waals surface area contributed by atoms with Crippen molar-refractivity contribution in [2.45, 2.75) is 6.42 Å². The van der Waals surface area contributed by atoms with Crippen LogP contribution in [0.4, 0.5) is 5.82 Å². The Morgan fingerprint density at radius 3 is 3.07 bits per heavy atom. The highest BCUT2D eigenvalue weighted by Crippen LogP contribution is 2.27. The van der Waals surface area contributed by atoms with Crippen molar-refractivity contribution in [1.82, 2.24) is 9.97 Å². The Hall–Kier alpha value is -1.47. The smallest absolute Gasteiger partial charge is 0.198 e. The van der Waals surface area contributed by atoms with Crippen molar-refractivity contribution < 1.29 is 4.74 Å². The van der Waals surface area contributed by atoms with Gasteiger partial charge in [0.05, 0.1) is 7.11 Å². The van der Waals surface area contributed by atoms with Crippen LogP contribution in [-0.4, -0.2) is 23.6 Å². The maximum absolute atomic E-state index is 5.79. The highest BCUT2D eigenvalue weighted by molar-refractivity contribution is 6.31. The second kappa shape index (κ2) is 5.30. The average Bonchev–Trinajstić information content (AvgIpc) is 2.18. The number of nitrogens with one attached hydrogen (secondary N) is 1. The molecule has 14 heavy (non-hydrogen) atoms. The van der Waals surface area contributed by atoms with Crippen molar-refractivity contribution in [2.75, 3.05) is 19.0 Å². The molecule has 0 radical (unpaired) electrons. The number of hydrogen-bond donors (Lipinski definition) is 1. The highest BCUT2D eigenvalue weighted by atomic mass is 35.5. The number of halogens is 1. The van der Waals surface area contributed by atoms with E-state index in [2.05, 4.69) is 21.2 Å². The molecule has 1 N–H and O–H groups in total. The van der Waals surface area contributed by atoms with Crippen LogP contribution in [0, 0.1) is 12.3 Å². The first-order valence-electron chi connectivity index (χ1n) is 4.01. The number of aromatic nitrogens is 2. The number of nitrogens with zero attached hydrogens (tertiary/aromatic N) is 2. The van der Waals surface area contributed by atoms with Crippen LogP contribution in [0.25, 0.3) is 0 Å². The van der Waals surface area contributed by atoms with E-state index in [4.69, 9.17) is 22.8 Å². The van der Waals surface area contributed by atoms with E-state index < -0.39 is 0 Å². The minimum absolute atomic E-state index is 0.283. The van der Waals surface area contributed by atoms with Crippen molar-refractivity contribution in [1.29, 1.82) is 0 Å². The molecule has 0 unspecified atom stereocenters. The topological polar surface area (TPSA) is 47.0 Å². The molecule has 0 aromatic carbocycles. The highest BCUT2D eigenvalue weighted by Gasteiger charge is 2.08. The fourth-order valence-corrected chi connectivity index (χ4v) is 1.12. The molecule has 4 nitrogen and oxygen atoms in total. The Morgan fingerprint density at radius 1 is 1.64 bits per heavy atom. The van der Waals surface area contributed by atoms with Crippen molar-refractivity contribution in [2.24, 2.45) is 0 Å². The summed E-state index contributed by atoms with van der Waals surface area (Å²) in [7, 11) is 1.51. The van der Waals surface area contributed by atoms with E-state index in [0.717, 1.165) is 0 Å². The molecule has 5 heteroatoms. The van der Waals surface area contributed by atoms with Gasteiger partial charge in [-0.2, -0.15) is 0 Å². The quantitative estimate of drug-likeness (QED) is 0.467. The second-order valence-electron chi connectivity index (χ2n) is 2.43. The Bertz CT molecular complexity index is 348. The minimum Gasteiger partial charge on any atom is -0.490 e. The summed E-state index contributed by atoms with van der Waals surface area (Å²) in [6, 6.07) is 0. The molecule has 0 saturated heterocycles. The lowest BCUT2D eigenvalue weighted by molar-refractivity contribution is 0.413. The van der Waals surface area contributed by atoms with Gasteiger partial charge in [-0.15, -0.1) is 12.3 Å². The molecular formula is C9H10ClN3O. The number of methoxy groups -OCH3 is 1. The number of anilines is 1. The molecule has 1 heterocycles. The van der Waals surface area contributed by atoms with Gasteiger partial charge in [0.25, 0.3) is 0 Å². The molecule has 1 aromatic rings. The van der Waals surface area contributed by atoms with Crippen LogP contribution < -0.4 is 10.1 Å². The molecule has 1 aromatic heterocycles. The van der Waals surface area contributed by atoms with E-state index in [9.17, 15) is 0 Å². The van der Waals surface area contributed by atoms with Crippen LogP contribution in [-0.2, 0) is 0 Å². The molecular weight excluding hydrogens is 202 g/mol. The summed E-state index contributed by atoms with van der Waals surface area (Å²) in [5, 5.41) is 3.29. The standard InChI is InChI=1S/C9H10ClN3O/c1-3-4-5-11-9-7(14-2)8(10)12-6-13-9/h1,6H,4-5H2,2H3,(H,11,12,13). The third kappa shape index (κ3) is 2.51. The van der Waals surface area contributed by atoms with Crippen LogP contribution in [0.1, 0.15) is 6.42 Å². The van der Waals surface area contributed by atoms with Crippen molar-refractivity contribution in [3.8, 4) is 18.1 Å². The zero-order valence-electron chi connectivity index (χ0n) is 7.75. The molecule has 0 amide bonds. The first-order chi connectivity index (χ1) is 6.79. The Labute approximate surface area is 87.7 Å². The number of hydrogen-bond acceptors (Lipinski definition) is 4. The zero-order valence-corrected chi connectivity index (χ0v) is 8.51. The van der Waals surface area contributed by atoms with Gasteiger partial charge in [-0.05, 0) is 0 Å². The van der Waals surface area contributed by atoms with Crippen molar-refractivity contribution in [3.63, 3.8) is 0 Å². The molecule has 0 saturated carbocycles. The van der Waals surface area contributed by atoms with Crippen molar-refractivity contribution in [3.05, 3.63) is 11.5 Å². The molecule has 0 aliphatic rings. The maximum Gasteiger partial charge on any atom is 0.198 e. The fourth-order valence-electron chi connectivity index (χ4n) is 0.912. The molecule has 0 aliphatic carbocycles. The maximum atomic E-state index is 5.79. The van der Waals surface area contributed by atoms with Gasteiger partial charge in [0.15, 0.2) is 16.7 Å². The Morgan fingerprint density at radius 2 is 2.43 bits per heavy atom. The van der Waals surface area contributed by atoms with E-state index in [1.165, 1.54) is 13.4 Å². The lowest BCUT2D eigenvalue weighted by atomic mass is 10.4. The predicted octanol–water partition coefficient (Wildman–Crippen LogP) is 1.57. The van der Waals surface area contributed by atoms with Crippen molar-refractivity contribution >= 4 is 17.4 Å². The normalized spacial score (nSPS) is 9.21. The Kier molecular flexibility index (Phi) is 4.02. The number of terminal acetylenes is 1. The number of ether oxygens (including phenoxy) is 1. The summed E-state index contributed by atoms with van der Waals surface area (Å²) in [5.74, 6) is 3.50. The van der Waals surface area contributed by atoms with Crippen LogP contribution in [0.3, 0.4) is 0 Å². The van der Waals surface area contributed by atoms with Gasteiger partial charge in [-0.25, -0.2) is 9.97 Å². The van der Waals surface area contributed by atoms with E-state index in [1.807, 2.05) is 0 Å². The molecule has 0 aliphatic heterocycles. The molecule has 74 valence electrons. The summed E-state index contributed by atoms with van der Waals surface area (Å²) >= 11 is 5.79. The lowest BCUT2D eigenvalue weighted by Crippen LogP contribution is -2.05. The molecule has 0 spiro atoms. The van der Waals surface area contributed by atoms with Crippen LogP contribution >= 0.6 is 11.6 Å². The first kappa shape index (κ1) is 10.6. The summed E-state index contributed by atoms with van der Waals surface area (Å²) in [6.45, 7) is 0.625. The predicted molar refractivity (Wildman–Crippen MR) is 55.5 cm³/mol. The molecule has 0 fully saturated rings. The molecule has 1 rings (SSSR count). The average molecular weight is 212 g/mol. The fraction of sp³-hybridized carbons (Fsp3) is 0.333. The van der Waals surface area contributed by atoms with E-state index in [-0.39, 0.29) is 5.15 Å². The van der Waals surface area contributed by atoms with E-state index in [0.29, 0.717) is 24.5 Å². The van der Waals surface area contributed by atoms with Gasteiger partial charge < -0.3 is 10.1 Å². The van der Waals surface area contributed by atoms with Crippen LogP contribution in [0.5, 0.6) is 5.75 Å². The largest absolute Gasteiger partial charge is 0.490 e. The zero-order chi connectivity index (χ0) is 10.4. The summed E-state index contributed by atoms with van der Waals surface area (Å²) < 4.78 is 5.04. The van der Waals surface area contributed by atoms with Gasteiger partial charge in [-0.3, -0.25) is 0 Å². The van der Waals surface area contributed by atoms with Gasteiger partial charge in [0.1, 0.15) is 6.33 Å². The second-order valence-corrected chi connectivity index (χ2v) is 2.79. The lowest BCUT2D eigenvalue weighted by Gasteiger charge is -2.08. The van der Waals surface area contributed by atoms with Gasteiger partial charge >= 0.3 is 0 Å². The summed E-state index contributed by atoms with van der Waals surface area (Å²) in [4.78, 5) is 7.77. The van der Waals surface area contributed by atoms with Crippen LogP contribution in [0.15, 0.2) is 6.33 Å². The summed E-state index contributed by atoms with van der Waals surface area (Å²) in [5.41, 5.74) is 0. The SMILES string of the molecule is C#CCCNc1ncnc(Cl)c1OC. The number of rotatable bonds is 4. The Balaban J connectivity index is 2.76. The van der Waals surface area contributed by atoms with Gasteiger partial charge in [0.2, 0.25) is 0 Å². The third-order valence-electron chi connectivity index (χ3n) is 1.53. The molecule has 0 bridgehead atoms. The minimum atomic E-state index is 0.283. The van der Waals surface area contributed by atoms with Gasteiger partial charge in [-0.1, -0.05) is 11.6 Å².